The number of primary amides is 1. The Kier molecular flexibility index (Phi) is 8.24. The zero-order valence-electron chi connectivity index (χ0n) is 18.0. The van der Waals surface area contributed by atoms with Gasteiger partial charge in [-0.05, 0) is 67.0 Å². The minimum Gasteiger partial charge on any atom is -0.489 e. The maximum atomic E-state index is 14.8. The third-order valence-electron chi connectivity index (χ3n) is 5.34. The van der Waals surface area contributed by atoms with Crippen LogP contribution >= 0.6 is 11.6 Å². The Labute approximate surface area is 198 Å². The number of nitrogens with zero attached hydrogens (tertiary/aromatic N) is 1. The van der Waals surface area contributed by atoms with E-state index in [0.29, 0.717) is 18.7 Å². The number of nitrogens with two attached hydrogens (primary N) is 1. The van der Waals surface area contributed by atoms with Crippen LogP contribution in [0.1, 0.15) is 53.1 Å². The van der Waals surface area contributed by atoms with Crippen molar-refractivity contribution >= 4 is 23.9 Å². The molecular weight excluding hydrogens is 480 g/mol. The van der Waals surface area contributed by atoms with Gasteiger partial charge in [-0.3, -0.25) is 9.59 Å². The third-order valence-corrected chi connectivity index (χ3v) is 5.56. The van der Waals surface area contributed by atoms with Gasteiger partial charge in [0.25, 0.3) is 5.91 Å². The van der Waals surface area contributed by atoms with Crippen molar-refractivity contribution in [2.75, 3.05) is 13.1 Å². The molecule has 6 nitrogen and oxygen atoms in total. The van der Waals surface area contributed by atoms with Gasteiger partial charge in [0.15, 0.2) is 0 Å². The minimum absolute atomic E-state index is 0.0110. The molecule has 2 fully saturated rings. The average Bonchev–Trinajstić information content (AvgIpc) is 3.43. The molecule has 2 aromatic rings. The second-order valence-electron chi connectivity index (χ2n) is 7.90. The largest absolute Gasteiger partial charge is 0.573 e. The van der Waals surface area contributed by atoms with E-state index >= 15 is 0 Å². The number of carbonyl (C=O) groups excluding carboxylic acids is 2. The van der Waals surface area contributed by atoms with Crippen molar-refractivity contribution in [1.29, 1.82) is 0 Å². The van der Waals surface area contributed by atoms with Gasteiger partial charge in [0, 0.05) is 24.2 Å². The third kappa shape index (κ3) is 6.99. The zero-order chi connectivity index (χ0) is 24.9. The summed E-state index contributed by atoms with van der Waals surface area (Å²) in [5.41, 5.74) is 5.60. The van der Waals surface area contributed by atoms with Gasteiger partial charge in [-0.25, -0.2) is 4.39 Å². The Balaban J connectivity index is 0.00000103. The van der Waals surface area contributed by atoms with Crippen LogP contribution < -0.4 is 15.2 Å². The minimum atomic E-state index is -4.86. The van der Waals surface area contributed by atoms with Gasteiger partial charge in [-0.15, -0.1) is 13.2 Å². The van der Waals surface area contributed by atoms with Crippen LogP contribution in [0.2, 0.25) is 5.02 Å². The number of carbonyl (C=O) groups is 2. The first kappa shape index (κ1) is 25.6. The molecule has 1 aliphatic heterocycles. The molecule has 1 saturated heterocycles. The number of ether oxygens (including phenoxy) is 2. The van der Waals surface area contributed by atoms with Crippen LogP contribution in [0, 0.1) is 5.82 Å². The summed E-state index contributed by atoms with van der Waals surface area (Å²) < 4.78 is 61.7. The molecule has 4 rings (SSSR count). The van der Waals surface area contributed by atoms with E-state index < -0.39 is 17.9 Å². The SMILES string of the molecule is NC=O.O=C(c1cc(C2CC2)c(COc2cc(Cl)cc(OC(F)(F)F)c2)cc1F)N1CCCC1. The lowest BCUT2D eigenvalue weighted by Crippen LogP contribution is -2.28. The van der Waals surface area contributed by atoms with Crippen molar-refractivity contribution < 1.29 is 36.6 Å². The van der Waals surface area contributed by atoms with Gasteiger partial charge >= 0.3 is 6.36 Å². The van der Waals surface area contributed by atoms with Crippen LogP contribution in [0.25, 0.3) is 0 Å². The molecule has 0 radical (unpaired) electrons. The molecule has 2 amide bonds. The number of rotatable bonds is 6. The number of hydrogen-bond donors (Lipinski definition) is 1. The van der Waals surface area contributed by atoms with Crippen LogP contribution in [0.4, 0.5) is 17.6 Å². The van der Waals surface area contributed by atoms with Crippen LogP contribution in [0.5, 0.6) is 11.5 Å². The van der Waals surface area contributed by atoms with E-state index in [9.17, 15) is 22.4 Å². The number of benzene rings is 2. The summed E-state index contributed by atoms with van der Waals surface area (Å²) in [6, 6.07) is 6.33. The fraction of sp³-hybridized carbons (Fsp3) is 0.391. The van der Waals surface area contributed by atoms with E-state index in [1.54, 1.807) is 11.0 Å². The summed E-state index contributed by atoms with van der Waals surface area (Å²) >= 11 is 5.87. The molecule has 2 aliphatic rings. The van der Waals surface area contributed by atoms with Crippen molar-refractivity contribution in [2.45, 2.75) is 44.6 Å². The second-order valence-corrected chi connectivity index (χ2v) is 8.34. The highest BCUT2D eigenvalue weighted by atomic mass is 35.5. The zero-order valence-corrected chi connectivity index (χ0v) is 18.8. The molecule has 0 unspecified atom stereocenters. The Hall–Kier alpha value is -3.01. The molecule has 184 valence electrons. The standard InChI is InChI=1S/C22H20ClF4NO3.CH3NO/c23-15-8-16(10-17(9-15)31-22(25,26)27)30-12-14-7-20(24)19(11-18(14)13-3-4-13)21(29)28-5-1-2-6-28;2-1-3/h7-11,13H,1-6,12H2;1H,(H2,2,3). The van der Waals surface area contributed by atoms with Crippen LogP contribution in [0.15, 0.2) is 30.3 Å². The molecule has 2 aromatic carbocycles. The Bertz CT molecular complexity index is 1040. The molecule has 11 heteroatoms. The first-order valence-corrected chi connectivity index (χ1v) is 10.9. The van der Waals surface area contributed by atoms with Crippen molar-refractivity contribution in [3.05, 3.63) is 57.9 Å². The highest BCUT2D eigenvalue weighted by Crippen LogP contribution is 2.43. The van der Waals surface area contributed by atoms with Crippen molar-refractivity contribution in [3.63, 3.8) is 0 Å². The summed E-state index contributed by atoms with van der Waals surface area (Å²) in [5.74, 6) is -1.17. The summed E-state index contributed by atoms with van der Waals surface area (Å²) in [6.07, 6.45) is -0.932. The smallest absolute Gasteiger partial charge is 0.489 e. The Morgan fingerprint density at radius 3 is 2.32 bits per heavy atom. The summed E-state index contributed by atoms with van der Waals surface area (Å²) in [5, 5.41) is 0.0110. The average molecular weight is 503 g/mol. The predicted octanol–water partition coefficient (Wildman–Crippen LogP) is 5.17. The predicted molar refractivity (Wildman–Crippen MR) is 116 cm³/mol. The van der Waals surface area contributed by atoms with Gasteiger partial charge in [-0.1, -0.05) is 11.6 Å². The lowest BCUT2D eigenvalue weighted by molar-refractivity contribution is -0.274. The molecular formula is C23H23ClF4N2O4. The van der Waals surface area contributed by atoms with Gasteiger partial charge in [0.1, 0.15) is 23.9 Å². The number of halogens is 5. The topological polar surface area (TPSA) is 81.9 Å². The summed E-state index contributed by atoms with van der Waals surface area (Å²) in [6.45, 7) is 1.17. The van der Waals surface area contributed by atoms with Crippen LogP contribution in [0.3, 0.4) is 0 Å². The lowest BCUT2D eigenvalue weighted by atomic mass is 9.99. The number of hydrogen-bond acceptors (Lipinski definition) is 4. The lowest BCUT2D eigenvalue weighted by Gasteiger charge is -2.18. The molecule has 1 saturated carbocycles. The van der Waals surface area contributed by atoms with E-state index in [1.165, 1.54) is 12.1 Å². The van der Waals surface area contributed by atoms with E-state index in [0.717, 1.165) is 43.4 Å². The van der Waals surface area contributed by atoms with Crippen molar-refractivity contribution in [1.82, 2.24) is 4.90 Å². The molecule has 1 heterocycles. The molecule has 0 aromatic heterocycles. The maximum absolute atomic E-state index is 14.8. The van der Waals surface area contributed by atoms with Crippen molar-refractivity contribution in [3.8, 4) is 11.5 Å². The number of likely N-dealkylation sites (tertiary alicyclic amines) is 1. The van der Waals surface area contributed by atoms with E-state index in [-0.39, 0.29) is 41.2 Å². The number of alkyl halides is 3. The first-order chi connectivity index (χ1) is 16.1. The van der Waals surface area contributed by atoms with E-state index in [1.807, 2.05) is 0 Å². The maximum Gasteiger partial charge on any atom is 0.573 e. The molecule has 0 atom stereocenters. The number of amides is 2. The Morgan fingerprint density at radius 1 is 1.12 bits per heavy atom. The quantitative estimate of drug-likeness (QED) is 0.436. The molecule has 1 aliphatic carbocycles. The molecule has 0 spiro atoms. The van der Waals surface area contributed by atoms with Gasteiger partial charge in [-0.2, -0.15) is 0 Å². The van der Waals surface area contributed by atoms with E-state index in [4.69, 9.17) is 21.1 Å². The van der Waals surface area contributed by atoms with Gasteiger partial charge in [0.2, 0.25) is 6.41 Å². The first-order valence-electron chi connectivity index (χ1n) is 10.6. The summed E-state index contributed by atoms with van der Waals surface area (Å²) in [4.78, 5) is 22.9. The molecule has 2 N–H and O–H groups in total. The highest BCUT2D eigenvalue weighted by Gasteiger charge is 2.32. The fourth-order valence-corrected chi connectivity index (χ4v) is 3.97. The normalized spacial score (nSPS) is 15.4. The van der Waals surface area contributed by atoms with Crippen LogP contribution in [-0.2, 0) is 11.4 Å². The van der Waals surface area contributed by atoms with Gasteiger partial charge in [0.05, 0.1) is 5.56 Å². The second kappa shape index (κ2) is 10.9. The monoisotopic (exact) mass is 502 g/mol. The summed E-state index contributed by atoms with van der Waals surface area (Å²) in [7, 11) is 0. The highest BCUT2D eigenvalue weighted by molar-refractivity contribution is 6.30. The van der Waals surface area contributed by atoms with Crippen LogP contribution in [-0.4, -0.2) is 36.7 Å². The van der Waals surface area contributed by atoms with E-state index in [2.05, 4.69) is 10.5 Å². The molecule has 34 heavy (non-hydrogen) atoms. The molecule has 0 bridgehead atoms. The van der Waals surface area contributed by atoms with Gasteiger partial charge < -0.3 is 20.1 Å². The van der Waals surface area contributed by atoms with Crippen molar-refractivity contribution in [2.24, 2.45) is 5.73 Å². The fourth-order valence-electron chi connectivity index (χ4n) is 3.76. The Morgan fingerprint density at radius 2 is 1.74 bits per heavy atom.